The van der Waals surface area contributed by atoms with Crippen molar-refractivity contribution in [3.8, 4) is 0 Å². The molecule has 16 heteroatoms. The molecule has 0 heterocycles. The second kappa shape index (κ2) is 8.72. The van der Waals surface area contributed by atoms with E-state index < -0.39 is 50.2 Å². The number of halogens is 6. The number of hydrogen-bond acceptors (Lipinski definition) is 7. The Kier molecular flexibility index (Phi) is 8.58. The summed E-state index contributed by atoms with van der Waals surface area (Å²) in [5.74, 6) is 0. The molecule has 0 rings (SSSR count). The maximum absolute atomic E-state index is 12.8. The lowest BCUT2D eigenvalue weighted by atomic mass is 10.5. The number of sulfone groups is 2. The van der Waals surface area contributed by atoms with Gasteiger partial charge in [0.15, 0.2) is 0 Å². The molecule has 0 aromatic rings. The Morgan fingerprint density at radius 3 is 1.35 bits per heavy atom. The van der Waals surface area contributed by atoms with Crippen molar-refractivity contribution in [3.05, 3.63) is 0 Å². The molecule has 0 spiro atoms. The molecule has 0 saturated carbocycles. The van der Waals surface area contributed by atoms with E-state index >= 15 is 0 Å². The van der Waals surface area contributed by atoms with Crippen molar-refractivity contribution in [2.24, 2.45) is 5.73 Å². The predicted molar refractivity (Wildman–Crippen MR) is 81.3 cm³/mol. The maximum atomic E-state index is 12.8. The van der Waals surface area contributed by atoms with Crippen molar-refractivity contribution >= 4 is 29.0 Å². The van der Waals surface area contributed by atoms with Gasteiger partial charge in [0.25, 0.3) is 19.7 Å². The second-order valence-electron chi connectivity index (χ2n) is 5.09. The van der Waals surface area contributed by atoms with Crippen LogP contribution in [-0.4, -0.2) is 54.6 Å². The monoisotopic (exact) mass is 455 g/mol. The van der Waals surface area contributed by atoms with Crippen LogP contribution in [0.1, 0.15) is 26.7 Å². The Hall–Kier alpha value is -0.423. The number of hydrogen-bond donors (Lipinski definition) is 1. The van der Waals surface area contributed by atoms with Gasteiger partial charge in [0, 0.05) is 19.3 Å². The molecule has 0 saturated heterocycles. The van der Waals surface area contributed by atoms with E-state index in [1.54, 1.807) is 13.8 Å². The highest BCUT2D eigenvalue weighted by Crippen LogP contribution is 2.43. The standard InChI is InChI=1S/C10H19F6NO6S2Si/c1-3-5-22-26(23-6-4-2)7-8(17,24(18,19)9(11,12)13)25(20,21)10(14,15)16/h26H,3-7,17H2,1-2H3. The highest BCUT2D eigenvalue weighted by molar-refractivity contribution is 8.11. The van der Waals surface area contributed by atoms with E-state index in [0.717, 1.165) is 0 Å². The van der Waals surface area contributed by atoms with Crippen LogP contribution < -0.4 is 5.73 Å². The summed E-state index contributed by atoms with van der Waals surface area (Å²) in [6.07, 6.45) is 0.545. The third-order valence-corrected chi connectivity index (χ3v) is 10.5. The molecule has 0 atom stereocenters. The van der Waals surface area contributed by atoms with Crippen LogP contribution in [0, 0.1) is 0 Å². The minimum absolute atomic E-state index is 0.186. The lowest BCUT2D eigenvalue weighted by Gasteiger charge is -2.32. The summed E-state index contributed by atoms with van der Waals surface area (Å²) < 4.78 is 129. The van der Waals surface area contributed by atoms with Gasteiger partial charge in [-0.2, -0.15) is 26.3 Å². The highest BCUT2D eigenvalue weighted by atomic mass is 32.3. The number of rotatable bonds is 10. The molecule has 0 amide bonds. The first-order chi connectivity index (χ1) is 11.5. The minimum Gasteiger partial charge on any atom is -0.396 e. The molecule has 158 valence electrons. The van der Waals surface area contributed by atoms with E-state index in [0.29, 0.717) is 0 Å². The molecular weight excluding hydrogens is 436 g/mol. The Balaban J connectivity index is 6.35. The van der Waals surface area contributed by atoms with Gasteiger partial charge in [0.05, 0.1) is 0 Å². The quantitative estimate of drug-likeness (QED) is 0.393. The van der Waals surface area contributed by atoms with Crippen LogP contribution in [0.5, 0.6) is 0 Å². The summed E-state index contributed by atoms with van der Waals surface area (Å²) in [6, 6.07) is -1.78. The molecule has 7 nitrogen and oxygen atoms in total. The molecule has 0 bridgehead atoms. The van der Waals surface area contributed by atoms with E-state index in [1.807, 2.05) is 0 Å². The van der Waals surface area contributed by atoms with E-state index in [1.165, 1.54) is 0 Å². The first-order valence-electron chi connectivity index (χ1n) is 7.13. The van der Waals surface area contributed by atoms with Crippen LogP contribution in [0.15, 0.2) is 0 Å². The molecule has 0 aromatic heterocycles. The van der Waals surface area contributed by atoms with Crippen molar-refractivity contribution in [1.82, 2.24) is 0 Å². The third kappa shape index (κ3) is 5.09. The lowest BCUT2D eigenvalue weighted by Crippen LogP contribution is -2.63. The smallest absolute Gasteiger partial charge is 0.396 e. The van der Waals surface area contributed by atoms with Crippen LogP contribution in [0.4, 0.5) is 26.3 Å². The van der Waals surface area contributed by atoms with Gasteiger partial charge in [-0.05, 0) is 12.8 Å². The molecule has 26 heavy (non-hydrogen) atoms. The highest BCUT2D eigenvalue weighted by Gasteiger charge is 2.72. The largest absolute Gasteiger partial charge is 0.500 e. The molecule has 0 unspecified atom stereocenters. The van der Waals surface area contributed by atoms with Gasteiger partial charge in [0.1, 0.15) is 0 Å². The molecular formula is C10H19F6NO6S2Si. The van der Waals surface area contributed by atoms with Gasteiger partial charge in [-0.1, -0.05) is 13.8 Å². The zero-order chi connectivity index (χ0) is 21.0. The minimum atomic E-state index is -6.98. The topological polar surface area (TPSA) is 113 Å². The van der Waals surface area contributed by atoms with Gasteiger partial charge in [0.2, 0.25) is 4.20 Å². The summed E-state index contributed by atoms with van der Waals surface area (Å²) >= 11 is 0. The Morgan fingerprint density at radius 2 is 1.12 bits per heavy atom. The molecule has 0 radical (unpaired) electrons. The average Bonchev–Trinajstić information content (AvgIpc) is 2.47. The maximum Gasteiger partial charge on any atom is 0.500 e. The third-order valence-electron chi connectivity index (χ3n) is 2.99. The summed E-state index contributed by atoms with van der Waals surface area (Å²) in [5, 5.41) is 0. The van der Waals surface area contributed by atoms with E-state index in [4.69, 9.17) is 14.6 Å². The van der Waals surface area contributed by atoms with Crippen LogP contribution >= 0.6 is 0 Å². The van der Waals surface area contributed by atoms with Gasteiger partial charge in [-0.25, -0.2) is 16.8 Å². The van der Waals surface area contributed by atoms with Crippen LogP contribution in [-0.2, 0) is 28.5 Å². The van der Waals surface area contributed by atoms with Crippen molar-refractivity contribution in [3.63, 3.8) is 0 Å². The molecule has 0 aromatic carbocycles. The van der Waals surface area contributed by atoms with Gasteiger partial charge in [-0.15, -0.1) is 0 Å². The molecule has 0 aliphatic heterocycles. The Bertz CT molecular complexity index is 610. The SMILES string of the molecule is CCCO[SiH](CC(N)(S(=O)(=O)C(F)(F)F)S(=O)(=O)C(F)(F)F)OCCC. The molecule has 0 fully saturated rings. The Morgan fingerprint density at radius 1 is 0.808 bits per heavy atom. The zero-order valence-corrected chi connectivity index (χ0v) is 16.5. The summed E-state index contributed by atoms with van der Waals surface area (Å²) in [4.78, 5) is 0. The molecule has 0 aliphatic carbocycles. The Labute approximate surface area is 148 Å². The van der Waals surface area contributed by atoms with Crippen molar-refractivity contribution in [2.45, 2.75) is 48.0 Å². The van der Waals surface area contributed by atoms with Crippen LogP contribution in [0.3, 0.4) is 0 Å². The summed E-state index contributed by atoms with van der Waals surface area (Å²) in [6.45, 7) is 2.74. The number of nitrogens with two attached hydrogens (primary N) is 1. The average molecular weight is 455 g/mol. The fraction of sp³-hybridized carbons (Fsp3) is 1.00. The van der Waals surface area contributed by atoms with Crippen molar-refractivity contribution < 1.29 is 52.0 Å². The van der Waals surface area contributed by atoms with E-state index in [2.05, 4.69) is 0 Å². The van der Waals surface area contributed by atoms with E-state index in [-0.39, 0.29) is 26.1 Å². The van der Waals surface area contributed by atoms with Gasteiger partial charge < -0.3 is 8.85 Å². The van der Waals surface area contributed by atoms with Crippen molar-refractivity contribution in [2.75, 3.05) is 13.2 Å². The molecule has 2 N–H and O–H groups in total. The zero-order valence-electron chi connectivity index (χ0n) is 13.7. The first-order valence-corrected chi connectivity index (χ1v) is 11.9. The predicted octanol–water partition coefficient (Wildman–Crippen LogP) is 1.54. The first kappa shape index (κ1) is 25.6. The van der Waals surface area contributed by atoms with Crippen LogP contribution in [0.25, 0.3) is 0 Å². The lowest BCUT2D eigenvalue weighted by molar-refractivity contribution is -0.0489. The fourth-order valence-corrected chi connectivity index (χ4v) is 8.52. The van der Waals surface area contributed by atoms with Gasteiger partial charge >= 0.3 is 20.3 Å². The van der Waals surface area contributed by atoms with Gasteiger partial charge in [-0.3, -0.25) is 5.73 Å². The summed E-state index contributed by atoms with van der Waals surface area (Å²) in [5.41, 5.74) is -7.85. The van der Waals surface area contributed by atoms with E-state index in [9.17, 15) is 43.2 Å². The second-order valence-corrected chi connectivity index (χ2v) is 11.7. The molecule has 0 aliphatic rings. The van der Waals surface area contributed by atoms with Crippen LogP contribution in [0.2, 0.25) is 6.04 Å². The normalized spacial score (nSPS) is 14.8. The van der Waals surface area contributed by atoms with Crippen molar-refractivity contribution in [1.29, 1.82) is 0 Å². The number of alkyl halides is 6. The fourth-order valence-electron chi connectivity index (χ4n) is 1.65. The summed E-state index contributed by atoms with van der Waals surface area (Å²) in [7, 11) is -17.6.